The summed E-state index contributed by atoms with van der Waals surface area (Å²) >= 11 is 0. The fraction of sp³-hybridized carbons (Fsp3) is 0.111. The Bertz CT molecular complexity index is 982. The molecule has 0 radical (unpaired) electrons. The highest BCUT2D eigenvalue weighted by Crippen LogP contribution is 2.24. The van der Waals surface area contributed by atoms with Gasteiger partial charge in [0.05, 0.1) is 19.0 Å². The summed E-state index contributed by atoms with van der Waals surface area (Å²) in [5.74, 6) is 1.48. The Hall–Kier alpha value is -3.48. The monoisotopic (exact) mass is 332 g/mol. The molecule has 0 atom stereocenters. The lowest BCUT2D eigenvalue weighted by Gasteiger charge is -2.05. The number of aromatic amines is 1. The molecule has 0 aliphatic carbocycles. The highest BCUT2D eigenvalue weighted by Gasteiger charge is 2.10. The van der Waals surface area contributed by atoms with Crippen molar-refractivity contribution >= 4 is 17.0 Å². The number of fused-ring (bicyclic) bond motifs is 1. The summed E-state index contributed by atoms with van der Waals surface area (Å²) in [5.41, 5.74) is 4.22. The van der Waals surface area contributed by atoms with E-state index in [9.17, 15) is 0 Å². The fourth-order valence-electron chi connectivity index (χ4n) is 2.51. The Morgan fingerprint density at radius 1 is 1.08 bits per heavy atom. The van der Waals surface area contributed by atoms with Crippen molar-refractivity contribution in [3.8, 4) is 17.0 Å². The number of pyridine rings is 1. The molecule has 7 nitrogen and oxygen atoms in total. The van der Waals surface area contributed by atoms with E-state index in [1.807, 2.05) is 36.4 Å². The molecular weight excluding hydrogens is 316 g/mol. The van der Waals surface area contributed by atoms with Gasteiger partial charge in [-0.25, -0.2) is 9.97 Å². The van der Waals surface area contributed by atoms with E-state index in [0.29, 0.717) is 23.5 Å². The molecule has 0 aliphatic heterocycles. The molecule has 4 rings (SSSR count). The number of anilines is 1. The van der Waals surface area contributed by atoms with Gasteiger partial charge in [0.25, 0.3) is 0 Å². The van der Waals surface area contributed by atoms with Crippen LogP contribution < -0.4 is 10.1 Å². The number of nitrogens with one attached hydrogen (secondary N) is 2. The SMILES string of the molecule is COc1ccc(-c2cnc3[nH]nc(NCc4ccncc4)c3n2)cc1. The topological polar surface area (TPSA) is 88.6 Å². The first-order valence-corrected chi connectivity index (χ1v) is 7.82. The van der Waals surface area contributed by atoms with Crippen LogP contribution in [0.2, 0.25) is 0 Å². The number of benzene rings is 1. The van der Waals surface area contributed by atoms with Crippen LogP contribution in [-0.4, -0.2) is 32.3 Å². The minimum atomic E-state index is 0.636. The van der Waals surface area contributed by atoms with Crippen LogP contribution in [0.15, 0.2) is 55.0 Å². The zero-order valence-corrected chi connectivity index (χ0v) is 13.6. The molecule has 0 fully saturated rings. The van der Waals surface area contributed by atoms with E-state index >= 15 is 0 Å². The quantitative estimate of drug-likeness (QED) is 0.584. The molecule has 0 aliphatic rings. The molecule has 3 heterocycles. The molecule has 0 bridgehead atoms. The minimum absolute atomic E-state index is 0.636. The molecule has 0 spiro atoms. The molecule has 0 saturated carbocycles. The van der Waals surface area contributed by atoms with Crippen molar-refractivity contribution in [2.45, 2.75) is 6.54 Å². The number of hydrogen-bond donors (Lipinski definition) is 2. The van der Waals surface area contributed by atoms with Gasteiger partial charge in [-0.3, -0.25) is 10.1 Å². The van der Waals surface area contributed by atoms with Crippen LogP contribution in [0.4, 0.5) is 5.82 Å². The standard InChI is InChI=1S/C18H16N6O/c1-25-14-4-2-13(3-5-14)15-11-21-18-16(22-15)17(23-24-18)20-10-12-6-8-19-9-7-12/h2-9,11H,10H2,1H3,(H2,20,21,23,24). The first-order valence-electron chi connectivity index (χ1n) is 7.82. The van der Waals surface area contributed by atoms with Crippen LogP contribution in [0.25, 0.3) is 22.4 Å². The Morgan fingerprint density at radius 3 is 2.64 bits per heavy atom. The summed E-state index contributed by atoms with van der Waals surface area (Å²) in [7, 11) is 1.65. The molecule has 7 heteroatoms. The van der Waals surface area contributed by atoms with Crippen LogP contribution in [0.5, 0.6) is 5.75 Å². The lowest BCUT2D eigenvalue weighted by Crippen LogP contribution is -2.00. The smallest absolute Gasteiger partial charge is 0.176 e. The van der Waals surface area contributed by atoms with Crippen molar-refractivity contribution in [3.05, 3.63) is 60.6 Å². The van der Waals surface area contributed by atoms with Crippen LogP contribution in [0.1, 0.15) is 5.56 Å². The third-order valence-electron chi connectivity index (χ3n) is 3.87. The third-order valence-corrected chi connectivity index (χ3v) is 3.87. The second-order valence-electron chi connectivity index (χ2n) is 5.46. The average molecular weight is 332 g/mol. The number of nitrogens with zero attached hydrogens (tertiary/aromatic N) is 4. The fourth-order valence-corrected chi connectivity index (χ4v) is 2.51. The highest BCUT2D eigenvalue weighted by atomic mass is 16.5. The Kier molecular flexibility index (Phi) is 3.96. The van der Waals surface area contributed by atoms with Crippen LogP contribution in [-0.2, 0) is 6.54 Å². The van der Waals surface area contributed by atoms with Gasteiger partial charge in [0, 0.05) is 24.5 Å². The van der Waals surface area contributed by atoms with Gasteiger partial charge in [-0.2, -0.15) is 5.10 Å². The predicted molar refractivity (Wildman–Crippen MR) is 95.2 cm³/mol. The molecule has 4 aromatic rings. The summed E-state index contributed by atoms with van der Waals surface area (Å²) in [5, 5.41) is 10.5. The van der Waals surface area contributed by atoms with Crippen LogP contribution in [0.3, 0.4) is 0 Å². The molecule has 0 unspecified atom stereocenters. The number of rotatable bonds is 5. The Labute approximate surface area is 144 Å². The number of hydrogen-bond acceptors (Lipinski definition) is 6. The molecule has 124 valence electrons. The summed E-state index contributed by atoms with van der Waals surface area (Å²) in [6.45, 7) is 0.636. The summed E-state index contributed by atoms with van der Waals surface area (Å²) in [6, 6.07) is 11.6. The molecular formula is C18H16N6O. The summed E-state index contributed by atoms with van der Waals surface area (Å²) in [6.07, 6.45) is 5.26. The largest absolute Gasteiger partial charge is 0.497 e. The van der Waals surface area contributed by atoms with E-state index in [2.05, 4.69) is 25.5 Å². The molecule has 0 amide bonds. The maximum atomic E-state index is 5.19. The van der Waals surface area contributed by atoms with Gasteiger partial charge in [-0.1, -0.05) is 0 Å². The second-order valence-corrected chi connectivity index (χ2v) is 5.46. The van der Waals surface area contributed by atoms with Crippen molar-refractivity contribution in [3.63, 3.8) is 0 Å². The van der Waals surface area contributed by atoms with Crippen LogP contribution >= 0.6 is 0 Å². The van der Waals surface area contributed by atoms with E-state index in [0.717, 1.165) is 22.6 Å². The Morgan fingerprint density at radius 2 is 1.88 bits per heavy atom. The zero-order valence-electron chi connectivity index (χ0n) is 13.6. The average Bonchev–Trinajstić information content (AvgIpc) is 3.09. The maximum Gasteiger partial charge on any atom is 0.176 e. The highest BCUT2D eigenvalue weighted by molar-refractivity contribution is 5.84. The van der Waals surface area contributed by atoms with Gasteiger partial charge in [-0.05, 0) is 42.0 Å². The van der Waals surface area contributed by atoms with E-state index in [1.54, 1.807) is 25.7 Å². The number of H-pyrrole nitrogens is 1. The first kappa shape index (κ1) is 15.1. The number of methoxy groups -OCH3 is 1. The van der Waals surface area contributed by atoms with Crippen LogP contribution in [0, 0.1) is 0 Å². The molecule has 2 N–H and O–H groups in total. The molecule has 25 heavy (non-hydrogen) atoms. The second kappa shape index (κ2) is 6.56. The third kappa shape index (κ3) is 3.12. The van der Waals surface area contributed by atoms with E-state index in [1.165, 1.54) is 0 Å². The molecule has 0 saturated heterocycles. The number of ether oxygens (including phenoxy) is 1. The van der Waals surface area contributed by atoms with Gasteiger partial charge in [0.15, 0.2) is 17.0 Å². The Balaban J connectivity index is 1.62. The molecule has 3 aromatic heterocycles. The van der Waals surface area contributed by atoms with E-state index < -0.39 is 0 Å². The van der Waals surface area contributed by atoms with Gasteiger partial charge < -0.3 is 10.1 Å². The van der Waals surface area contributed by atoms with Gasteiger partial charge >= 0.3 is 0 Å². The zero-order chi connectivity index (χ0) is 17.1. The van der Waals surface area contributed by atoms with E-state index in [-0.39, 0.29) is 0 Å². The van der Waals surface area contributed by atoms with Crippen molar-refractivity contribution in [2.24, 2.45) is 0 Å². The molecule has 1 aromatic carbocycles. The predicted octanol–water partition coefficient (Wildman–Crippen LogP) is 3.04. The van der Waals surface area contributed by atoms with E-state index in [4.69, 9.17) is 9.72 Å². The lowest BCUT2D eigenvalue weighted by atomic mass is 10.1. The summed E-state index contributed by atoms with van der Waals surface area (Å²) < 4.78 is 5.19. The van der Waals surface area contributed by atoms with Crippen molar-refractivity contribution < 1.29 is 4.74 Å². The maximum absolute atomic E-state index is 5.19. The normalized spacial score (nSPS) is 10.8. The van der Waals surface area contributed by atoms with Crippen molar-refractivity contribution in [2.75, 3.05) is 12.4 Å². The lowest BCUT2D eigenvalue weighted by molar-refractivity contribution is 0.415. The summed E-state index contributed by atoms with van der Waals surface area (Å²) in [4.78, 5) is 13.1. The van der Waals surface area contributed by atoms with Gasteiger partial charge in [0.2, 0.25) is 0 Å². The minimum Gasteiger partial charge on any atom is -0.497 e. The van der Waals surface area contributed by atoms with Gasteiger partial charge in [-0.15, -0.1) is 0 Å². The number of aromatic nitrogens is 5. The van der Waals surface area contributed by atoms with Crippen molar-refractivity contribution in [1.82, 2.24) is 25.1 Å². The van der Waals surface area contributed by atoms with Gasteiger partial charge in [0.1, 0.15) is 5.75 Å². The van der Waals surface area contributed by atoms with Crippen molar-refractivity contribution in [1.29, 1.82) is 0 Å². The first-order chi connectivity index (χ1) is 12.3.